The number of rotatable bonds is 6. The highest BCUT2D eigenvalue weighted by Crippen LogP contribution is 2.32. The fourth-order valence-corrected chi connectivity index (χ4v) is 4.66. The van der Waals surface area contributed by atoms with Crippen LogP contribution in [-0.2, 0) is 21.1 Å². The molecule has 30 heavy (non-hydrogen) atoms. The van der Waals surface area contributed by atoms with E-state index in [4.69, 9.17) is 4.42 Å². The number of anilines is 2. The second-order valence-electron chi connectivity index (χ2n) is 6.96. The van der Waals surface area contributed by atoms with Crippen LogP contribution in [0.4, 0.5) is 11.4 Å². The first-order valence-corrected chi connectivity index (χ1v) is 11.2. The van der Waals surface area contributed by atoms with E-state index in [-0.39, 0.29) is 28.7 Å². The SMILES string of the molecule is O=C(CCS(=O)(=O)c1ccccc1)Nc1ccc2c(c1)N(C(=O)c1ccco1)CC2. The van der Waals surface area contributed by atoms with Gasteiger partial charge in [0.05, 0.1) is 16.9 Å². The molecular formula is C22H20N2O5S. The summed E-state index contributed by atoms with van der Waals surface area (Å²) in [6.07, 6.45) is 2.00. The molecule has 0 atom stereocenters. The second kappa shape index (κ2) is 8.16. The van der Waals surface area contributed by atoms with E-state index in [2.05, 4.69) is 5.32 Å². The molecule has 8 heteroatoms. The molecular weight excluding hydrogens is 404 g/mol. The smallest absolute Gasteiger partial charge is 0.293 e. The number of sulfone groups is 1. The van der Waals surface area contributed by atoms with Crippen LogP contribution in [0.15, 0.2) is 76.2 Å². The fraction of sp³-hybridized carbons (Fsp3) is 0.182. The molecule has 154 valence electrons. The lowest BCUT2D eigenvalue weighted by molar-refractivity contribution is -0.115. The van der Waals surface area contributed by atoms with Crippen LogP contribution in [0, 0.1) is 0 Å². The molecule has 0 unspecified atom stereocenters. The maximum Gasteiger partial charge on any atom is 0.293 e. The third-order valence-electron chi connectivity index (χ3n) is 4.94. The second-order valence-corrected chi connectivity index (χ2v) is 9.07. The summed E-state index contributed by atoms with van der Waals surface area (Å²) in [7, 11) is -3.53. The molecule has 1 aromatic heterocycles. The predicted molar refractivity (Wildman–Crippen MR) is 112 cm³/mol. The van der Waals surface area contributed by atoms with E-state index in [1.807, 2.05) is 6.07 Å². The van der Waals surface area contributed by atoms with E-state index in [0.717, 1.165) is 5.56 Å². The van der Waals surface area contributed by atoms with Crippen LogP contribution in [-0.4, -0.2) is 32.5 Å². The van der Waals surface area contributed by atoms with Crippen LogP contribution < -0.4 is 10.2 Å². The van der Waals surface area contributed by atoms with Gasteiger partial charge < -0.3 is 14.6 Å². The first-order chi connectivity index (χ1) is 14.4. The van der Waals surface area contributed by atoms with Gasteiger partial charge in [0.25, 0.3) is 5.91 Å². The molecule has 0 spiro atoms. The molecule has 3 aromatic rings. The van der Waals surface area contributed by atoms with E-state index in [1.54, 1.807) is 47.4 Å². The zero-order valence-corrected chi connectivity index (χ0v) is 16.9. The van der Waals surface area contributed by atoms with Gasteiger partial charge in [-0.1, -0.05) is 24.3 Å². The van der Waals surface area contributed by atoms with Gasteiger partial charge in [0.1, 0.15) is 0 Å². The highest BCUT2D eigenvalue weighted by atomic mass is 32.2. The van der Waals surface area contributed by atoms with E-state index in [9.17, 15) is 18.0 Å². The van der Waals surface area contributed by atoms with Crippen molar-refractivity contribution in [3.8, 4) is 0 Å². The summed E-state index contributed by atoms with van der Waals surface area (Å²) in [6, 6.07) is 16.7. The minimum absolute atomic E-state index is 0.163. The molecule has 0 saturated carbocycles. The van der Waals surface area contributed by atoms with Crippen molar-refractivity contribution in [2.24, 2.45) is 0 Å². The van der Waals surface area contributed by atoms with Gasteiger partial charge in [0, 0.05) is 24.3 Å². The molecule has 0 fully saturated rings. The largest absolute Gasteiger partial charge is 0.459 e. The van der Waals surface area contributed by atoms with Gasteiger partial charge in [-0.15, -0.1) is 0 Å². The van der Waals surface area contributed by atoms with Crippen LogP contribution in [0.3, 0.4) is 0 Å². The monoisotopic (exact) mass is 424 g/mol. The maximum atomic E-state index is 12.6. The van der Waals surface area contributed by atoms with Gasteiger partial charge in [-0.3, -0.25) is 9.59 Å². The van der Waals surface area contributed by atoms with E-state index >= 15 is 0 Å². The predicted octanol–water partition coefficient (Wildman–Crippen LogP) is 3.29. The minimum Gasteiger partial charge on any atom is -0.459 e. The molecule has 0 bridgehead atoms. The van der Waals surface area contributed by atoms with Gasteiger partial charge in [-0.2, -0.15) is 0 Å². The Bertz CT molecular complexity index is 1170. The van der Waals surface area contributed by atoms with Crippen LogP contribution in [0.2, 0.25) is 0 Å². The maximum absolute atomic E-state index is 12.6. The van der Waals surface area contributed by atoms with Crippen LogP contribution in [0.1, 0.15) is 22.5 Å². The lowest BCUT2D eigenvalue weighted by Gasteiger charge is -2.17. The highest BCUT2D eigenvalue weighted by Gasteiger charge is 2.27. The lowest BCUT2D eigenvalue weighted by Crippen LogP contribution is -2.28. The zero-order valence-electron chi connectivity index (χ0n) is 16.1. The third-order valence-corrected chi connectivity index (χ3v) is 6.67. The Labute approximate surface area is 174 Å². The highest BCUT2D eigenvalue weighted by molar-refractivity contribution is 7.91. The summed E-state index contributed by atoms with van der Waals surface area (Å²) in [5.41, 5.74) is 2.22. The molecule has 0 aliphatic carbocycles. The van der Waals surface area contributed by atoms with Gasteiger partial charge in [-0.25, -0.2) is 8.42 Å². The number of nitrogens with zero attached hydrogens (tertiary/aromatic N) is 1. The van der Waals surface area contributed by atoms with Gasteiger partial charge in [0.15, 0.2) is 15.6 Å². The number of amides is 2. The first-order valence-electron chi connectivity index (χ1n) is 9.50. The van der Waals surface area contributed by atoms with Crippen molar-refractivity contribution in [3.05, 3.63) is 78.3 Å². The first kappa shape index (κ1) is 19.9. The van der Waals surface area contributed by atoms with E-state index in [0.29, 0.717) is 24.3 Å². The Kier molecular flexibility index (Phi) is 5.41. The van der Waals surface area contributed by atoms with Crippen molar-refractivity contribution >= 4 is 33.0 Å². The van der Waals surface area contributed by atoms with E-state index in [1.165, 1.54) is 18.4 Å². The van der Waals surface area contributed by atoms with Gasteiger partial charge >= 0.3 is 0 Å². The number of nitrogens with one attached hydrogen (secondary N) is 1. The molecule has 2 heterocycles. The number of fused-ring (bicyclic) bond motifs is 1. The standard InChI is InChI=1S/C22H20N2O5S/c25-21(11-14-30(27,28)18-5-2-1-3-6-18)23-17-9-8-16-10-12-24(19(16)15-17)22(26)20-7-4-13-29-20/h1-9,13,15H,10-12,14H2,(H,23,25). The summed E-state index contributed by atoms with van der Waals surface area (Å²) in [5, 5.41) is 2.73. The average Bonchev–Trinajstić information content (AvgIpc) is 3.43. The number of hydrogen-bond acceptors (Lipinski definition) is 5. The molecule has 7 nitrogen and oxygen atoms in total. The average molecular weight is 424 g/mol. The van der Waals surface area contributed by atoms with E-state index < -0.39 is 15.7 Å². The normalized spacial score (nSPS) is 13.1. The number of carbonyl (C=O) groups excluding carboxylic acids is 2. The Balaban J connectivity index is 1.43. The van der Waals surface area contributed by atoms with Crippen molar-refractivity contribution in [2.75, 3.05) is 22.5 Å². The van der Waals surface area contributed by atoms with Crippen LogP contribution in [0.25, 0.3) is 0 Å². The molecule has 4 rings (SSSR count). The lowest BCUT2D eigenvalue weighted by atomic mass is 10.1. The quantitative estimate of drug-likeness (QED) is 0.655. The molecule has 0 radical (unpaired) electrons. The van der Waals surface area contributed by atoms with Crippen molar-refractivity contribution in [1.82, 2.24) is 0 Å². The van der Waals surface area contributed by atoms with Crippen LogP contribution >= 0.6 is 0 Å². The Morgan fingerprint density at radius 3 is 2.57 bits per heavy atom. The number of carbonyl (C=O) groups is 2. The third kappa shape index (κ3) is 4.13. The minimum atomic E-state index is -3.53. The van der Waals surface area contributed by atoms with Crippen molar-refractivity contribution < 1.29 is 22.4 Å². The number of hydrogen-bond donors (Lipinski definition) is 1. The molecule has 1 aliphatic heterocycles. The zero-order chi connectivity index (χ0) is 21.1. The van der Waals surface area contributed by atoms with Gasteiger partial charge in [0.2, 0.25) is 5.91 Å². The molecule has 1 aliphatic rings. The molecule has 2 aromatic carbocycles. The summed E-state index contributed by atoms with van der Waals surface area (Å²) in [4.78, 5) is 26.8. The molecule has 1 N–H and O–H groups in total. The number of benzene rings is 2. The van der Waals surface area contributed by atoms with Crippen molar-refractivity contribution in [2.45, 2.75) is 17.7 Å². The summed E-state index contributed by atoms with van der Waals surface area (Å²) in [6.45, 7) is 0.529. The molecule has 0 saturated heterocycles. The number of furan rings is 1. The Morgan fingerprint density at radius 2 is 1.83 bits per heavy atom. The summed E-state index contributed by atoms with van der Waals surface area (Å²) in [5.74, 6) is -0.673. The Hall–Kier alpha value is -3.39. The van der Waals surface area contributed by atoms with Gasteiger partial charge in [-0.05, 0) is 48.4 Å². The topological polar surface area (TPSA) is 96.7 Å². The van der Waals surface area contributed by atoms with Crippen molar-refractivity contribution in [1.29, 1.82) is 0 Å². The van der Waals surface area contributed by atoms with Crippen LogP contribution in [0.5, 0.6) is 0 Å². The molecule has 2 amide bonds. The summed E-state index contributed by atoms with van der Waals surface area (Å²) >= 11 is 0. The Morgan fingerprint density at radius 1 is 1.03 bits per heavy atom. The van der Waals surface area contributed by atoms with Crippen molar-refractivity contribution in [3.63, 3.8) is 0 Å². The summed E-state index contributed by atoms with van der Waals surface area (Å²) < 4.78 is 29.9. The fourth-order valence-electron chi connectivity index (χ4n) is 3.40.